The molecule has 0 aliphatic rings. The molecule has 1 aromatic rings. The highest BCUT2D eigenvalue weighted by molar-refractivity contribution is 6.31. The second-order valence-electron chi connectivity index (χ2n) is 4.87. The Morgan fingerprint density at radius 1 is 1.42 bits per heavy atom. The molecule has 108 valence electrons. The van der Waals surface area contributed by atoms with Crippen molar-refractivity contribution in [3.63, 3.8) is 0 Å². The van der Waals surface area contributed by atoms with Crippen LogP contribution >= 0.6 is 11.6 Å². The second-order valence-corrected chi connectivity index (χ2v) is 5.28. The van der Waals surface area contributed by atoms with Crippen LogP contribution in [-0.2, 0) is 11.2 Å². The fourth-order valence-corrected chi connectivity index (χ4v) is 2.24. The highest BCUT2D eigenvalue weighted by Gasteiger charge is 2.15. The zero-order valence-electron chi connectivity index (χ0n) is 11.9. The summed E-state index contributed by atoms with van der Waals surface area (Å²) in [4.78, 5) is 0. The molecule has 0 aromatic heterocycles. The Bertz CT molecular complexity index is 386. The lowest BCUT2D eigenvalue weighted by atomic mass is 10.0. The van der Waals surface area contributed by atoms with Crippen LogP contribution in [0.2, 0.25) is 5.02 Å². The first kappa shape index (κ1) is 16.4. The van der Waals surface area contributed by atoms with Crippen LogP contribution < -0.4 is 5.32 Å². The summed E-state index contributed by atoms with van der Waals surface area (Å²) >= 11 is 6.12. The molecule has 0 spiro atoms. The van der Waals surface area contributed by atoms with Crippen molar-refractivity contribution in [3.05, 3.63) is 34.6 Å². The maximum Gasteiger partial charge on any atom is 0.123 e. The van der Waals surface area contributed by atoms with E-state index in [0.717, 1.165) is 24.9 Å². The number of methoxy groups -OCH3 is 1. The van der Waals surface area contributed by atoms with Crippen LogP contribution in [0.25, 0.3) is 0 Å². The summed E-state index contributed by atoms with van der Waals surface area (Å²) < 4.78 is 18.6. The van der Waals surface area contributed by atoms with E-state index in [-0.39, 0.29) is 18.0 Å². The van der Waals surface area contributed by atoms with Gasteiger partial charge < -0.3 is 10.1 Å². The highest BCUT2D eigenvalue weighted by atomic mass is 35.5. The zero-order chi connectivity index (χ0) is 14.3. The molecular weight excluding hydrogens is 265 g/mol. The quantitative estimate of drug-likeness (QED) is 0.785. The predicted molar refractivity (Wildman–Crippen MR) is 78.3 cm³/mol. The fourth-order valence-electron chi connectivity index (χ4n) is 2.05. The second kappa shape index (κ2) is 8.51. The first-order chi connectivity index (χ1) is 9.06. The molecule has 1 N–H and O–H groups in total. The average molecular weight is 288 g/mol. The molecule has 0 aliphatic carbocycles. The molecule has 0 bridgehead atoms. The Kier molecular flexibility index (Phi) is 7.36. The third kappa shape index (κ3) is 5.89. The summed E-state index contributed by atoms with van der Waals surface area (Å²) in [6, 6.07) is 4.76. The number of rotatable bonds is 8. The van der Waals surface area contributed by atoms with E-state index in [0.29, 0.717) is 11.4 Å². The van der Waals surface area contributed by atoms with E-state index in [1.807, 2.05) is 6.92 Å². The summed E-state index contributed by atoms with van der Waals surface area (Å²) in [6.07, 6.45) is 2.82. The maximum atomic E-state index is 13.3. The number of ether oxygens (including phenoxy) is 1. The molecule has 0 saturated heterocycles. The van der Waals surface area contributed by atoms with Gasteiger partial charge in [-0.3, -0.25) is 0 Å². The van der Waals surface area contributed by atoms with Gasteiger partial charge in [-0.25, -0.2) is 4.39 Å². The van der Waals surface area contributed by atoms with Crippen LogP contribution in [0.15, 0.2) is 18.2 Å². The summed E-state index contributed by atoms with van der Waals surface area (Å²) in [6.45, 7) is 5.10. The van der Waals surface area contributed by atoms with Crippen molar-refractivity contribution >= 4 is 11.6 Å². The lowest BCUT2D eigenvalue weighted by Crippen LogP contribution is -2.35. The Hall–Kier alpha value is -0.640. The summed E-state index contributed by atoms with van der Waals surface area (Å²) in [5.74, 6) is -0.242. The van der Waals surface area contributed by atoms with Crippen LogP contribution in [0, 0.1) is 5.82 Å². The van der Waals surface area contributed by atoms with E-state index in [2.05, 4.69) is 12.2 Å². The first-order valence-electron chi connectivity index (χ1n) is 6.76. The third-order valence-electron chi connectivity index (χ3n) is 3.18. The normalized spacial score (nSPS) is 14.4. The van der Waals surface area contributed by atoms with Crippen LogP contribution in [0.1, 0.15) is 32.3 Å². The van der Waals surface area contributed by atoms with Gasteiger partial charge in [-0.2, -0.15) is 0 Å². The van der Waals surface area contributed by atoms with E-state index in [1.54, 1.807) is 13.2 Å². The van der Waals surface area contributed by atoms with Crippen LogP contribution in [-0.4, -0.2) is 25.8 Å². The van der Waals surface area contributed by atoms with E-state index in [1.165, 1.54) is 12.1 Å². The third-order valence-corrected chi connectivity index (χ3v) is 3.54. The monoisotopic (exact) mass is 287 g/mol. The van der Waals surface area contributed by atoms with Gasteiger partial charge in [0.15, 0.2) is 0 Å². The topological polar surface area (TPSA) is 21.3 Å². The van der Waals surface area contributed by atoms with Crippen molar-refractivity contribution in [3.8, 4) is 0 Å². The largest absolute Gasteiger partial charge is 0.382 e. The fraction of sp³-hybridized carbons (Fsp3) is 0.600. The standard InChI is InChI=1S/C15H23ClFNO/c1-4-7-18-14(8-11(2)19-3)10-12-9-13(17)5-6-15(12)16/h5-6,9,11,14,18H,4,7-8,10H2,1-3H3. The van der Waals surface area contributed by atoms with Crippen molar-refractivity contribution < 1.29 is 9.13 Å². The Morgan fingerprint density at radius 2 is 2.16 bits per heavy atom. The lowest BCUT2D eigenvalue weighted by molar-refractivity contribution is 0.100. The highest BCUT2D eigenvalue weighted by Crippen LogP contribution is 2.20. The molecule has 0 amide bonds. The minimum Gasteiger partial charge on any atom is -0.382 e. The summed E-state index contributed by atoms with van der Waals surface area (Å²) in [5, 5.41) is 4.09. The number of halogens is 2. The van der Waals surface area contributed by atoms with Crippen LogP contribution in [0.3, 0.4) is 0 Å². The molecule has 1 aromatic carbocycles. The Labute approximate surface area is 120 Å². The molecule has 0 aliphatic heterocycles. The molecule has 19 heavy (non-hydrogen) atoms. The van der Waals surface area contributed by atoms with Gasteiger partial charge in [-0.05, 0) is 56.5 Å². The maximum absolute atomic E-state index is 13.3. The molecule has 4 heteroatoms. The number of nitrogens with one attached hydrogen (secondary N) is 1. The average Bonchev–Trinajstić information content (AvgIpc) is 2.39. The van der Waals surface area contributed by atoms with E-state index in [4.69, 9.17) is 16.3 Å². The molecule has 2 nitrogen and oxygen atoms in total. The van der Waals surface area contributed by atoms with E-state index >= 15 is 0 Å². The van der Waals surface area contributed by atoms with Crippen molar-refractivity contribution in [1.82, 2.24) is 5.32 Å². The van der Waals surface area contributed by atoms with Crippen LogP contribution in [0.4, 0.5) is 4.39 Å². The zero-order valence-corrected chi connectivity index (χ0v) is 12.6. The smallest absolute Gasteiger partial charge is 0.123 e. The lowest BCUT2D eigenvalue weighted by Gasteiger charge is -2.22. The summed E-state index contributed by atoms with van der Waals surface area (Å²) in [5.41, 5.74) is 0.846. The SMILES string of the molecule is CCCNC(Cc1cc(F)ccc1Cl)CC(C)OC. The van der Waals surface area contributed by atoms with Gasteiger partial charge in [0.2, 0.25) is 0 Å². The molecule has 0 saturated carbocycles. The van der Waals surface area contributed by atoms with Gasteiger partial charge in [-0.1, -0.05) is 18.5 Å². The van der Waals surface area contributed by atoms with Crippen molar-refractivity contribution in [1.29, 1.82) is 0 Å². The van der Waals surface area contributed by atoms with E-state index in [9.17, 15) is 4.39 Å². The van der Waals surface area contributed by atoms with Gasteiger partial charge >= 0.3 is 0 Å². The van der Waals surface area contributed by atoms with Gasteiger partial charge in [-0.15, -0.1) is 0 Å². The molecule has 2 atom stereocenters. The number of benzene rings is 1. The minimum absolute atomic E-state index is 0.168. The van der Waals surface area contributed by atoms with Crippen molar-refractivity contribution in [2.75, 3.05) is 13.7 Å². The van der Waals surface area contributed by atoms with E-state index < -0.39 is 0 Å². The molecule has 0 radical (unpaired) electrons. The minimum atomic E-state index is -0.242. The van der Waals surface area contributed by atoms with Gasteiger partial charge in [0.25, 0.3) is 0 Å². The Balaban J connectivity index is 2.71. The first-order valence-corrected chi connectivity index (χ1v) is 7.14. The summed E-state index contributed by atoms with van der Waals surface area (Å²) in [7, 11) is 1.71. The van der Waals surface area contributed by atoms with Crippen molar-refractivity contribution in [2.45, 2.75) is 45.3 Å². The van der Waals surface area contributed by atoms with Gasteiger partial charge in [0.05, 0.1) is 6.10 Å². The van der Waals surface area contributed by atoms with Gasteiger partial charge in [0, 0.05) is 18.2 Å². The number of hydrogen-bond donors (Lipinski definition) is 1. The van der Waals surface area contributed by atoms with Crippen LogP contribution in [0.5, 0.6) is 0 Å². The predicted octanol–water partition coefficient (Wildman–Crippen LogP) is 3.81. The molecule has 0 heterocycles. The molecular formula is C15H23ClFNO. The Morgan fingerprint density at radius 3 is 2.79 bits per heavy atom. The number of hydrogen-bond acceptors (Lipinski definition) is 2. The molecule has 1 rings (SSSR count). The molecule has 2 unspecified atom stereocenters. The van der Waals surface area contributed by atoms with Gasteiger partial charge in [0.1, 0.15) is 5.82 Å². The van der Waals surface area contributed by atoms with Crippen molar-refractivity contribution in [2.24, 2.45) is 0 Å². The molecule has 0 fully saturated rings.